The standard InChI is InChI=1S/C39H41N3/c1-24(2)30-21-29(27-14-10-9-11-15-27)22-31(25(3)4)36(30)42-35-17-13-12-16-33(35)41-38(42)34-23-28-19-18-26(5)20-32(28)37(40-34)39(6,7)8/h9-25H,1-8H3. The summed E-state index contributed by atoms with van der Waals surface area (Å²) in [7, 11) is 0. The van der Waals surface area contributed by atoms with Gasteiger partial charge in [-0.3, -0.25) is 4.57 Å². The Hall–Kier alpha value is -4.24. The molecule has 3 heteroatoms. The Morgan fingerprint density at radius 1 is 0.667 bits per heavy atom. The number of aromatic nitrogens is 3. The fourth-order valence-electron chi connectivity index (χ4n) is 6.09. The van der Waals surface area contributed by atoms with Crippen LogP contribution in [0.25, 0.3) is 50.1 Å². The smallest absolute Gasteiger partial charge is 0.164 e. The van der Waals surface area contributed by atoms with Gasteiger partial charge >= 0.3 is 0 Å². The summed E-state index contributed by atoms with van der Waals surface area (Å²) in [5, 5.41) is 2.41. The summed E-state index contributed by atoms with van der Waals surface area (Å²) < 4.78 is 2.39. The van der Waals surface area contributed by atoms with Gasteiger partial charge in [0.15, 0.2) is 5.82 Å². The number of aryl methyl sites for hydroxylation is 1. The second-order valence-electron chi connectivity index (χ2n) is 13.3. The molecule has 6 aromatic rings. The van der Waals surface area contributed by atoms with Crippen molar-refractivity contribution in [2.45, 2.75) is 72.6 Å². The van der Waals surface area contributed by atoms with Gasteiger partial charge in [-0.25, -0.2) is 9.97 Å². The summed E-state index contributed by atoms with van der Waals surface area (Å²) in [6, 6.07) is 32.9. The van der Waals surface area contributed by atoms with E-state index in [4.69, 9.17) is 9.97 Å². The maximum Gasteiger partial charge on any atom is 0.164 e. The number of pyridine rings is 1. The van der Waals surface area contributed by atoms with Crippen LogP contribution < -0.4 is 0 Å². The number of nitrogens with zero attached hydrogens (tertiary/aromatic N) is 3. The molecule has 2 heterocycles. The summed E-state index contributed by atoms with van der Waals surface area (Å²) in [6.07, 6.45) is 0. The van der Waals surface area contributed by atoms with Gasteiger partial charge in [-0.2, -0.15) is 0 Å². The molecule has 3 nitrogen and oxygen atoms in total. The largest absolute Gasteiger partial charge is 0.290 e. The third kappa shape index (κ3) is 4.91. The topological polar surface area (TPSA) is 30.7 Å². The van der Waals surface area contributed by atoms with E-state index in [1.54, 1.807) is 0 Å². The van der Waals surface area contributed by atoms with Crippen LogP contribution in [0, 0.1) is 6.92 Å². The van der Waals surface area contributed by atoms with Gasteiger partial charge in [0.2, 0.25) is 0 Å². The highest BCUT2D eigenvalue weighted by molar-refractivity contribution is 5.91. The minimum absolute atomic E-state index is 0.123. The predicted octanol–water partition coefficient (Wildman–Crippen LogP) is 10.8. The van der Waals surface area contributed by atoms with Crippen LogP contribution in [0.15, 0.2) is 91.0 Å². The van der Waals surface area contributed by atoms with Crippen molar-refractivity contribution in [2.24, 2.45) is 0 Å². The van der Waals surface area contributed by atoms with Gasteiger partial charge in [0.25, 0.3) is 0 Å². The Labute approximate surface area is 250 Å². The average molecular weight is 552 g/mol. The normalized spacial score (nSPS) is 12.2. The van der Waals surface area contributed by atoms with Crippen molar-refractivity contribution in [2.75, 3.05) is 0 Å². The molecular formula is C39H41N3. The minimum Gasteiger partial charge on any atom is -0.290 e. The van der Waals surface area contributed by atoms with Crippen LogP contribution in [0.4, 0.5) is 0 Å². The number of benzene rings is 4. The zero-order valence-corrected chi connectivity index (χ0v) is 26.2. The fraction of sp³-hybridized carbons (Fsp3) is 0.282. The van der Waals surface area contributed by atoms with Crippen LogP contribution in [-0.4, -0.2) is 14.5 Å². The number of imidazole rings is 1. The third-order valence-corrected chi connectivity index (χ3v) is 8.23. The van der Waals surface area contributed by atoms with Gasteiger partial charge in [0.05, 0.1) is 22.4 Å². The first-order valence-corrected chi connectivity index (χ1v) is 15.2. The molecule has 0 amide bonds. The van der Waals surface area contributed by atoms with Crippen LogP contribution in [0.2, 0.25) is 0 Å². The Morgan fingerprint density at radius 2 is 1.31 bits per heavy atom. The van der Waals surface area contributed by atoms with Gasteiger partial charge in [0.1, 0.15) is 5.69 Å². The van der Waals surface area contributed by atoms with Crippen LogP contribution in [0.5, 0.6) is 0 Å². The number of rotatable bonds is 5. The summed E-state index contributed by atoms with van der Waals surface area (Å²) in [6.45, 7) is 18.1. The molecule has 42 heavy (non-hydrogen) atoms. The molecule has 0 saturated carbocycles. The van der Waals surface area contributed by atoms with E-state index in [1.807, 2.05) is 0 Å². The Bertz CT molecular complexity index is 1890. The van der Waals surface area contributed by atoms with E-state index in [1.165, 1.54) is 44.3 Å². The zero-order valence-electron chi connectivity index (χ0n) is 26.2. The van der Waals surface area contributed by atoms with Crippen molar-refractivity contribution < 1.29 is 0 Å². The second-order valence-corrected chi connectivity index (χ2v) is 13.3. The molecule has 0 aliphatic carbocycles. The molecule has 0 aliphatic rings. The number of fused-ring (bicyclic) bond motifs is 2. The van der Waals surface area contributed by atoms with E-state index in [9.17, 15) is 0 Å². The van der Waals surface area contributed by atoms with E-state index in [0.29, 0.717) is 11.8 Å². The maximum absolute atomic E-state index is 5.40. The minimum atomic E-state index is -0.123. The molecule has 0 radical (unpaired) electrons. The SMILES string of the molecule is Cc1ccc2cc(-c3nc4ccccc4n3-c3c(C(C)C)cc(-c4ccccc4)cc3C(C)C)nc(C(C)(C)C)c2c1. The first-order chi connectivity index (χ1) is 20.0. The van der Waals surface area contributed by atoms with E-state index in [-0.39, 0.29) is 5.41 Å². The Kier molecular flexibility index (Phi) is 7.01. The summed E-state index contributed by atoms with van der Waals surface area (Å²) in [5.74, 6) is 1.51. The Balaban J connectivity index is 1.72. The molecule has 0 spiro atoms. The van der Waals surface area contributed by atoms with Gasteiger partial charge in [-0.1, -0.05) is 109 Å². The molecule has 0 unspecified atom stereocenters. The van der Waals surface area contributed by atoms with Gasteiger partial charge < -0.3 is 0 Å². The van der Waals surface area contributed by atoms with Crippen LogP contribution >= 0.6 is 0 Å². The van der Waals surface area contributed by atoms with E-state index < -0.39 is 0 Å². The predicted molar refractivity (Wildman–Crippen MR) is 179 cm³/mol. The molecule has 0 bridgehead atoms. The molecule has 0 fully saturated rings. The number of hydrogen-bond acceptors (Lipinski definition) is 2. The van der Waals surface area contributed by atoms with Crippen molar-refractivity contribution in [3.63, 3.8) is 0 Å². The molecule has 0 aliphatic heterocycles. The van der Waals surface area contributed by atoms with Gasteiger partial charge in [-0.05, 0) is 82.8 Å². The first-order valence-electron chi connectivity index (χ1n) is 15.2. The van der Waals surface area contributed by atoms with E-state index in [2.05, 4.69) is 151 Å². The lowest BCUT2D eigenvalue weighted by Crippen LogP contribution is -2.15. The lowest BCUT2D eigenvalue weighted by molar-refractivity contribution is 0.576. The van der Waals surface area contributed by atoms with Crippen LogP contribution in [-0.2, 0) is 5.41 Å². The lowest BCUT2D eigenvalue weighted by Gasteiger charge is -2.25. The van der Waals surface area contributed by atoms with Crippen molar-refractivity contribution in [3.05, 3.63) is 113 Å². The van der Waals surface area contributed by atoms with Crippen LogP contribution in [0.1, 0.15) is 82.7 Å². The van der Waals surface area contributed by atoms with Gasteiger partial charge in [-0.15, -0.1) is 0 Å². The monoisotopic (exact) mass is 551 g/mol. The quantitative estimate of drug-likeness (QED) is 0.213. The summed E-state index contributed by atoms with van der Waals surface area (Å²) in [4.78, 5) is 10.7. The molecule has 4 aromatic carbocycles. The summed E-state index contributed by atoms with van der Waals surface area (Å²) in [5.41, 5.74) is 11.6. The number of hydrogen-bond donors (Lipinski definition) is 0. The molecule has 0 saturated heterocycles. The molecule has 0 atom stereocenters. The third-order valence-electron chi connectivity index (χ3n) is 8.23. The molecule has 212 valence electrons. The van der Waals surface area contributed by atoms with E-state index >= 15 is 0 Å². The molecule has 0 N–H and O–H groups in total. The maximum atomic E-state index is 5.40. The average Bonchev–Trinajstić information content (AvgIpc) is 3.35. The van der Waals surface area contributed by atoms with Crippen molar-refractivity contribution in [1.82, 2.24) is 14.5 Å². The van der Waals surface area contributed by atoms with Gasteiger partial charge in [0, 0.05) is 10.8 Å². The van der Waals surface area contributed by atoms with E-state index in [0.717, 1.165) is 28.2 Å². The first kappa shape index (κ1) is 27.9. The fourth-order valence-corrected chi connectivity index (χ4v) is 6.09. The van der Waals surface area contributed by atoms with Crippen molar-refractivity contribution in [3.8, 4) is 28.3 Å². The highest BCUT2D eigenvalue weighted by atomic mass is 15.1. The lowest BCUT2D eigenvalue weighted by atomic mass is 9.87. The zero-order chi connectivity index (χ0) is 29.8. The second kappa shape index (κ2) is 10.5. The highest BCUT2D eigenvalue weighted by Gasteiger charge is 2.26. The number of para-hydroxylation sites is 2. The summed E-state index contributed by atoms with van der Waals surface area (Å²) >= 11 is 0. The molecular weight excluding hydrogens is 510 g/mol. The van der Waals surface area contributed by atoms with Crippen molar-refractivity contribution >= 4 is 21.8 Å². The van der Waals surface area contributed by atoms with Crippen LogP contribution in [0.3, 0.4) is 0 Å². The van der Waals surface area contributed by atoms with Crippen molar-refractivity contribution in [1.29, 1.82) is 0 Å². The molecule has 6 rings (SSSR count). The molecule has 2 aromatic heterocycles. The Morgan fingerprint density at radius 3 is 1.95 bits per heavy atom. The highest BCUT2D eigenvalue weighted by Crippen LogP contribution is 2.41.